The number of hydrogen-bond donors (Lipinski definition) is 3. The van der Waals surface area contributed by atoms with Gasteiger partial charge in [0, 0.05) is 97.4 Å². The summed E-state index contributed by atoms with van der Waals surface area (Å²) >= 11 is 6.01. The Kier molecular flexibility index (Phi) is 15.8. The van der Waals surface area contributed by atoms with E-state index in [1.165, 1.54) is 19.2 Å². The first-order chi connectivity index (χ1) is 33.6. The summed E-state index contributed by atoms with van der Waals surface area (Å²) in [6, 6.07) is 26.3. The molecule has 0 radical (unpaired) electrons. The second kappa shape index (κ2) is 22.0. The van der Waals surface area contributed by atoms with Gasteiger partial charge in [-0.3, -0.25) is 14.6 Å². The van der Waals surface area contributed by atoms with Crippen LogP contribution >= 0.6 is 11.6 Å². The molecule has 3 heterocycles. The number of aromatic nitrogens is 1. The molecule has 0 aliphatic carbocycles. The van der Waals surface area contributed by atoms with Gasteiger partial charge in [-0.25, -0.2) is 4.39 Å². The number of carbonyl (C=O) groups is 1. The van der Waals surface area contributed by atoms with Gasteiger partial charge in [-0.05, 0) is 110 Å². The van der Waals surface area contributed by atoms with Crippen molar-refractivity contribution in [2.24, 2.45) is 0 Å². The highest BCUT2D eigenvalue weighted by Crippen LogP contribution is 2.40. The van der Waals surface area contributed by atoms with E-state index in [2.05, 4.69) is 54.7 Å². The van der Waals surface area contributed by atoms with Gasteiger partial charge in [0.05, 0.1) is 18.2 Å². The number of nitrogens with one attached hydrogen (secondary N) is 3. The molecule has 0 saturated carbocycles. The van der Waals surface area contributed by atoms with Crippen molar-refractivity contribution in [1.29, 1.82) is 0 Å². The highest BCUT2D eigenvalue weighted by molar-refractivity contribution is 6.30. The number of piperazine rings is 1. The smallest absolute Gasteiger partial charge is 0.416 e. The second-order valence-electron chi connectivity index (χ2n) is 17.6. The Hall–Kier alpha value is -6.01. The molecule has 3 N–H and O–H groups in total. The summed E-state index contributed by atoms with van der Waals surface area (Å²) in [7, 11) is 1.35. The summed E-state index contributed by atoms with van der Waals surface area (Å²) in [5, 5.41) is 11.6. The number of ether oxygens (including phenoxy) is 3. The van der Waals surface area contributed by atoms with Gasteiger partial charge in [-0.15, -0.1) is 0 Å². The topological polar surface area (TPSA) is 92.3 Å². The maximum atomic E-state index is 14.7. The van der Waals surface area contributed by atoms with Gasteiger partial charge in [0.15, 0.2) is 11.5 Å². The van der Waals surface area contributed by atoms with E-state index in [1.54, 1.807) is 24.3 Å². The summed E-state index contributed by atoms with van der Waals surface area (Å²) in [5.74, 6) is 0.466. The molecule has 70 heavy (non-hydrogen) atoms. The molecule has 1 aromatic heterocycles. The van der Waals surface area contributed by atoms with Crippen LogP contribution in [-0.2, 0) is 36.8 Å². The van der Waals surface area contributed by atoms with Crippen molar-refractivity contribution in [3.8, 4) is 28.4 Å². The molecule has 18 heteroatoms. The zero-order valence-corrected chi connectivity index (χ0v) is 39.3. The molecule has 2 aliphatic rings. The molecular formula is C52H54ClF7N6O4. The molecular weight excluding hydrogens is 941 g/mol. The number of aryl methyl sites for hydroxylation is 1. The van der Waals surface area contributed by atoms with Crippen LogP contribution < -0.4 is 30.2 Å². The number of amides is 1. The van der Waals surface area contributed by atoms with Crippen molar-refractivity contribution in [2.45, 2.75) is 56.9 Å². The molecule has 8 rings (SSSR count). The van der Waals surface area contributed by atoms with Crippen LogP contribution in [0.3, 0.4) is 0 Å². The fraction of sp³-hybridized carbons (Fsp3) is 0.365. The van der Waals surface area contributed by atoms with E-state index in [-0.39, 0.29) is 29.3 Å². The number of methoxy groups -OCH3 is 1. The van der Waals surface area contributed by atoms with E-state index < -0.39 is 41.2 Å². The van der Waals surface area contributed by atoms with Crippen LogP contribution in [0.1, 0.15) is 41.5 Å². The fourth-order valence-corrected chi connectivity index (χ4v) is 9.30. The molecule has 2 aliphatic heterocycles. The number of alkyl halides is 6. The number of rotatable bonds is 18. The van der Waals surface area contributed by atoms with Gasteiger partial charge in [-0.1, -0.05) is 41.9 Å². The molecule has 10 nitrogen and oxygen atoms in total. The number of fused-ring (bicyclic) bond motifs is 1. The summed E-state index contributed by atoms with van der Waals surface area (Å²) in [5.41, 5.74) is -0.00134. The predicted octanol–water partition coefficient (Wildman–Crippen LogP) is 10.7. The third-order valence-electron chi connectivity index (χ3n) is 12.9. The Balaban J connectivity index is 0.907. The van der Waals surface area contributed by atoms with Gasteiger partial charge in [-0.2, -0.15) is 26.3 Å². The van der Waals surface area contributed by atoms with E-state index in [1.807, 2.05) is 30.3 Å². The zero-order valence-electron chi connectivity index (χ0n) is 38.5. The van der Waals surface area contributed by atoms with Crippen LogP contribution in [-0.4, -0.2) is 91.9 Å². The summed E-state index contributed by atoms with van der Waals surface area (Å²) in [4.78, 5) is 19.0. The predicted molar refractivity (Wildman–Crippen MR) is 256 cm³/mol. The van der Waals surface area contributed by atoms with Crippen molar-refractivity contribution in [1.82, 2.24) is 25.0 Å². The monoisotopic (exact) mass is 994 g/mol. The third-order valence-corrected chi connectivity index (χ3v) is 13.2. The Morgan fingerprint density at radius 1 is 0.786 bits per heavy atom. The number of benzene rings is 5. The van der Waals surface area contributed by atoms with Crippen LogP contribution in [0, 0.1) is 5.82 Å². The molecule has 372 valence electrons. The number of anilines is 1. The minimum atomic E-state index is -5.05. The van der Waals surface area contributed by atoms with E-state index >= 15 is 0 Å². The molecule has 2 saturated heterocycles. The lowest BCUT2D eigenvalue weighted by atomic mass is 9.86. The minimum Gasteiger partial charge on any atom is -0.493 e. The van der Waals surface area contributed by atoms with Crippen LogP contribution in [0.15, 0.2) is 109 Å². The first kappa shape index (κ1) is 50.4. The zero-order chi connectivity index (χ0) is 49.5. The molecule has 0 atom stereocenters. The van der Waals surface area contributed by atoms with Gasteiger partial charge >= 0.3 is 12.4 Å². The van der Waals surface area contributed by atoms with E-state index in [9.17, 15) is 35.5 Å². The third kappa shape index (κ3) is 12.3. The molecule has 6 aromatic rings. The van der Waals surface area contributed by atoms with Gasteiger partial charge in [0.2, 0.25) is 5.91 Å². The van der Waals surface area contributed by atoms with Crippen molar-refractivity contribution in [3.05, 3.63) is 142 Å². The molecule has 1 amide bonds. The number of hydrogen-bond acceptors (Lipinski definition) is 8. The largest absolute Gasteiger partial charge is 0.493 e. The standard InChI is InChI=1S/C52H54ClF7N6O4/c1-68-47-31-41(13-16-46(47)70-34-37-9-10-38(51(55,56)57)30-44(37)52(58,59)60)63-50(17-20-61-21-18-50)49(67)62-19-4-22-66-33-43(35-5-2-7-40(54)29-35)48-36(6-3-8-45(48)66)32-65-25-23-64(24-26-65)27-28-69-42-14-11-39(53)12-15-42/h2-3,5-16,29-31,33,61,63H,4,17-28,32,34H2,1H3,(H,62,67). The van der Waals surface area contributed by atoms with E-state index in [0.717, 1.165) is 78.7 Å². The van der Waals surface area contributed by atoms with Gasteiger partial charge in [0.25, 0.3) is 0 Å². The van der Waals surface area contributed by atoms with Crippen molar-refractivity contribution in [3.63, 3.8) is 0 Å². The number of nitrogens with zero attached hydrogens (tertiary/aromatic N) is 3. The van der Waals surface area contributed by atoms with Crippen LogP contribution in [0.25, 0.3) is 22.0 Å². The van der Waals surface area contributed by atoms with Crippen molar-refractivity contribution >= 4 is 34.1 Å². The first-order valence-electron chi connectivity index (χ1n) is 23.1. The fourth-order valence-electron chi connectivity index (χ4n) is 9.18. The summed E-state index contributed by atoms with van der Waals surface area (Å²) in [6.07, 6.45) is -6.45. The molecule has 2 fully saturated rings. The molecule has 0 bridgehead atoms. The maximum absolute atomic E-state index is 14.7. The average Bonchev–Trinajstić information content (AvgIpc) is 3.72. The van der Waals surface area contributed by atoms with Crippen LogP contribution in [0.2, 0.25) is 5.02 Å². The van der Waals surface area contributed by atoms with E-state index in [0.29, 0.717) is 68.8 Å². The Morgan fingerprint density at radius 3 is 2.24 bits per heavy atom. The van der Waals surface area contributed by atoms with Crippen LogP contribution in [0.5, 0.6) is 17.2 Å². The number of piperidine rings is 1. The average molecular weight is 995 g/mol. The molecule has 5 aromatic carbocycles. The Morgan fingerprint density at radius 2 is 1.53 bits per heavy atom. The van der Waals surface area contributed by atoms with Crippen LogP contribution in [0.4, 0.5) is 36.4 Å². The second-order valence-corrected chi connectivity index (χ2v) is 18.0. The maximum Gasteiger partial charge on any atom is 0.416 e. The minimum absolute atomic E-state index is 0.0571. The highest BCUT2D eigenvalue weighted by Gasteiger charge is 2.40. The highest BCUT2D eigenvalue weighted by atomic mass is 35.5. The Labute approximate surface area is 406 Å². The quantitative estimate of drug-likeness (QED) is 0.0579. The molecule has 0 spiro atoms. The van der Waals surface area contributed by atoms with E-state index in [4.69, 9.17) is 25.8 Å². The Bertz CT molecular complexity index is 2740. The summed E-state index contributed by atoms with van der Waals surface area (Å²) < 4.78 is 115. The van der Waals surface area contributed by atoms with Gasteiger partial charge < -0.3 is 34.7 Å². The lowest BCUT2D eigenvalue weighted by Crippen LogP contribution is -2.57. The lowest BCUT2D eigenvalue weighted by molar-refractivity contribution is -0.143. The normalized spacial score (nSPS) is 15.7. The lowest BCUT2D eigenvalue weighted by Gasteiger charge is -2.38. The summed E-state index contributed by atoms with van der Waals surface area (Å²) in [6.45, 7) is 7.08. The SMILES string of the molecule is COc1cc(NC2(C(=O)NCCCn3cc(-c4cccc(F)c4)c4c(CN5CCN(CCOc6ccc(Cl)cc6)CC5)cccc43)CCNCC2)ccc1OCc1ccc(C(F)(F)F)cc1C(F)(F)F. The van der Waals surface area contributed by atoms with Gasteiger partial charge in [0.1, 0.15) is 30.3 Å². The number of halogens is 8. The van der Waals surface area contributed by atoms with Crippen molar-refractivity contribution in [2.75, 3.05) is 71.4 Å². The first-order valence-corrected chi connectivity index (χ1v) is 23.5. The number of carbonyl (C=O) groups excluding carboxylic acids is 1. The molecule has 0 unspecified atom stereocenters. The van der Waals surface area contributed by atoms with Crippen molar-refractivity contribution < 1.29 is 49.7 Å².